The maximum Gasteiger partial charge on any atom is 0.0735 e. The first-order chi connectivity index (χ1) is 8.58. The van der Waals surface area contributed by atoms with Crippen LogP contribution in [0.3, 0.4) is 0 Å². The van der Waals surface area contributed by atoms with Gasteiger partial charge in [0.15, 0.2) is 0 Å². The summed E-state index contributed by atoms with van der Waals surface area (Å²) in [5, 5.41) is 14.3. The van der Waals surface area contributed by atoms with E-state index in [-0.39, 0.29) is 12.0 Å². The zero-order valence-electron chi connectivity index (χ0n) is 11.1. The molecular weight excluding hydrogens is 224 g/mol. The third-order valence-corrected chi connectivity index (χ3v) is 3.12. The largest absolute Gasteiger partial charge is 0.391 e. The number of benzene rings is 1. The van der Waals surface area contributed by atoms with Gasteiger partial charge in [0, 0.05) is 23.3 Å². The van der Waals surface area contributed by atoms with Crippen molar-refractivity contribution in [3.05, 3.63) is 36.0 Å². The second kappa shape index (κ2) is 5.36. The zero-order valence-corrected chi connectivity index (χ0v) is 11.1. The molecule has 3 nitrogen and oxygen atoms in total. The van der Waals surface area contributed by atoms with Gasteiger partial charge in [0.1, 0.15) is 0 Å². The van der Waals surface area contributed by atoms with Crippen molar-refractivity contribution < 1.29 is 5.11 Å². The lowest BCUT2D eigenvalue weighted by atomic mass is 10.1. The van der Waals surface area contributed by atoms with E-state index in [1.807, 2.05) is 51.1 Å². The molecule has 0 radical (unpaired) electrons. The Labute approximate surface area is 108 Å². The predicted molar refractivity (Wildman–Crippen MR) is 75.8 cm³/mol. The highest BCUT2D eigenvalue weighted by molar-refractivity contribution is 5.91. The molecule has 2 N–H and O–H groups in total. The molecule has 1 heterocycles. The quantitative estimate of drug-likeness (QED) is 0.869. The molecule has 0 spiro atoms. The number of rotatable bonds is 4. The Morgan fingerprint density at radius 1 is 1.28 bits per heavy atom. The average Bonchev–Trinajstić information content (AvgIpc) is 2.35. The van der Waals surface area contributed by atoms with E-state index in [1.54, 1.807) is 0 Å². The molecule has 1 unspecified atom stereocenters. The molecule has 2 aromatic rings. The van der Waals surface area contributed by atoms with Crippen LogP contribution in [0, 0.1) is 12.8 Å². The standard InChI is InChI=1S/C15H20N2O/c1-10(2)15(18)9-16-14-8-11(3)17-13-7-5-4-6-12(13)14/h4-8,10,15,18H,9H2,1-3H3,(H,16,17). The topological polar surface area (TPSA) is 45.1 Å². The van der Waals surface area contributed by atoms with Crippen molar-refractivity contribution in [2.24, 2.45) is 5.92 Å². The Bertz CT molecular complexity index is 537. The van der Waals surface area contributed by atoms with Crippen molar-refractivity contribution in [2.45, 2.75) is 26.9 Å². The fraction of sp³-hybridized carbons (Fsp3) is 0.400. The Morgan fingerprint density at radius 3 is 2.72 bits per heavy atom. The highest BCUT2D eigenvalue weighted by atomic mass is 16.3. The normalized spacial score (nSPS) is 12.9. The maximum absolute atomic E-state index is 9.85. The van der Waals surface area contributed by atoms with Gasteiger partial charge in [-0.2, -0.15) is 0 Å². The Balaban J connectivity index is 2.27. The van der Waals surface area contributed by atoms with E-state index < -0.39 is 0 Å². The molecule has 18 heavy (non-hydrogen) atoms. The lowest BCUT2D eigenvalue weighted by Gasteiger charge is -2.17. The smallest absolute Gasteiger partial charge is 0.0735 e. The summed E-state index contributed by atoms with van der Waals surface area (Å²) in [7, 11) is 0. The van der Waals surface area contributed by atoms with E-state index in [0.29, 0.717) is 6.54 Å². The molecule has 0 saturated carbocycles. The number of hydrogen-bond donors (Lipinski definition) is 2. The van der Waals surface area contributed by atoms with Crippen LogP contribution in [0.4, 0.5) is 5.69 Å². The number of aliphatic hydroxyl groups excluding tert-OH is 1. The number of anilines is 1. The third kappa shape index (κ3) is 2.79. The van der Waals surface area contributed by atoms with Crippen molar-refractivity contribution >= 4 is 16.6 Å². The predicted octanol–water partition coefficient (Wildman–Crippen LogP) is 2.97. The summed E-state index contributed by atoms with van der Waals surface area (Å²) in [4.78, 5) is 4.50. The number of para-hydroxylation sites is 1. The van der Waals surface area contributed by atoms with Crippen LogP contribution in [0.25, 0.3) is 10.9 Å². The SMILES string of the molecule is Cc1cc(NCC(O)C(C)C)c2ccccc2n1. The van der Waals surface area contributed by atoms with Crippen LogP contribution in [0.2, 0.25) is 0 Å². The summed E-state index contributed by atoms with van der Waals surface area (Å²) in [6.07, 6.45) is -0.336. The number of aliphatic hydroxyl groups is 1. The van der Waals surface area contributed by atoms with Crippen LogP contribution in [-0.2, 0) is 0 Å². The second-order valence-corrected chi connectivity index (χ2v) is 5.02. The van der Waals surface area contributed by atoms with Gasteiger partial charge in [-0.25, -0.2) is 0 Å². The van der Waals surface area contributed by atoms with Gasteiger partial charge in [-0.1, -0.05) is 32.0 Å². The van der Waals surface area contributed by atoms with Gasteiger partial charge in [-0.05, 0) is 25.0 Å². The van der Waals surface area contributed by atoms with Gasteiger partial charge in [-0.3, -0.25) is 4.98 Å². The number of aromatic nitrogens is 1. The average molecular weight is 244 g/mol. The third-order valence-electron chi connectivity index (χ3n) is 3.12. The minimum Gasteiger partial charge on any atom is -0.391 e. The molecule has 0 saturated heterocycles. The van der Waals surface area contributed by atoms with Crippen LogP contribution >= 0.6 is 0 Å². The van der Waals surface area contributed by atoms with Crippen LogP contribution in [0.1, 0.15) is 19.5 Å². The van der Waals surface area contributed by atoms with E-state index in [0.717, 1.165) is 22.3 Å². The molecule has 2 rings (SSSR count). The summed E-state index contributed by atoms with van der Waals surface area (Å²) in [6.45, 7) is 6.58. The highest BCUT2D eigenvalue weighted by Gasteiger charge is 2.10. The molecular formula is C15H20N2O. The molecule has 0 aliphatic rings. The van der Waals surface area contributed by atoms with Gasteiger partial charge in [0.25, 0.3) is 0 Å². The second-order valence-electron chi connectivity index (χ2n) is 5.02. The minimum absolute atomic E-state index is 0.256. The molecule has 0 fully saturated rings. The summed E-state index contributed by atoms with van der Waals surface area (Å²) in [5.41, 5.74) is 3.01. The fourth-order valence-corrected chi connectivity index (χ4v) is 1.90. The van der Waals surface area contributed by atoms with Crippen LogP contribution in [-0.4, -0.2) is 22.7 Å². The molecule has 0 aliphatic carbocycles. The van der Waals surface area contributed by atoms with Crippen molar-refractivity contribution in [1.82, 2.24) is 4.98 Å². The van der Waals surface area contributed by atoms with Gasteiger partial charge >= 0.3 is 0 Å². The molecule has 0 amide bonds. The minimum atomic E-state index is -0.336. The number of fused-ring (bicyclic) bond motifs is 1. The number of nitrogens with one attached hydrogen (secondary N) is 1. The molecule has 0 aliphatic heterocycles. The number of nitrogens with zero attached hydrogens (tertiary/aromatic N) is 1. The van der Waals surface area contributed by atoms with E-state index >= 15 is 0 Å². The van der Waals surface area contributed by atoms with Gasteiger partial charge in [0.2, 0.25) is 0 Å². The highest BCUT2D eigenvalue weighted by Crippen LogP contribution is 2.23. The van der Waals surface area contributed by atoms with Crippen LogP contribution in [0.15, 0.2) is 30.3 Å². The molecule has 1 aromatic carbocycles. The number of aryl methyl sites for hydroxylation is 1. The van der Waals surface area contributed by atoms with Crippen LogP contribution < -0.4 is 5.32 Å². The molecule has 1 aromatic heterocycles. The van der Waals surface area contributed by atoms with E-state index in [9.17, 15) is 5.11 Å². The van der Waals surface area contributed by atoms with Gasteiger partial charge in [0.05, 0.1) is 11.6 Å². The molecule has 3 heteroatoms. The summed E-state index contributed by atoms with van der Waals surface area (Å²) in [6, 6.07) is 10.1. The summed E-state index contributed by atoms with van der Waals surface area (Å²) < 4.78 is 0. The fourth-order valence-electron chi connectivity index (χ4n) is 1.90. The molecule has 1 atom stereocenters. The number of pyridine rings is 1. The Hall–Kier alpha value is -1.61. The van der Waals surface area contributed by atoms with E-state index in [4.69, 9.17) is 0 Å². The molecule has 96 valence electrons. The lowest BCUT2D eigenvalue weighted by Crippen LogP contribution is -2.24. The van der Waals surface area contributed by atoms with Crippen molar-refractivity contribution in [3.8, 4) is 0 Å². The van der Waals surface area contributed by atoms with Gasteiger partial charge < -0.3 is 10.4 Å². The Morgan fingerprint density at radius 2 is 2.00 bits per heavy atom. The summed E-state index contributed by atoms with van der Waals surface area (Å²) in [5.74, 6) is 0.256. The first kappa shape index (κ1) is 12.8. The van der Waals surface area contributed by atoms with Crippen molar-refractivity contribution in [2.75, 3.05) is 11.9 Å². The lowest BCUT2D eigenvalue weighted by molar-refractivity contribution is 0.138. The van der Waals surface area contributed by atoms with E-state index in [1.165, 1.54) is 0 Å². The van der Waals surface area contributed by atoms with Crippen LogP contribution in [0.5, 0.6) is 0 Å². The van der Waals surface area contributed by atoms with E-state index in [2.05, 4.69) is 10.3 Å². The van der Waals surface area contributed by atoms with Crippen molar-refractivity contribution in [1.29, 1.82) is 0 Å². The zero-order chi connectivity index (χ0) is 13.1. The van der Waals surface area contributed by atoms with Crippen molar-refractivity contribution in [3.63, 3.8) is 0 Å². The van der Waals surface area contributed by atoms with Gasteiger partial charge in [-0.15, -0.1) is 0 Å². The number of hydrogen-bond acceptors (Lipinski definition) is 3. The summed E-state index contributed by atoms with van der Waals surface area (Å²) >= 11 is 0. The first-order valence-corrected chi connectivity index (χ1v) is 6.36. The monoisotopic (exact) mass is 244 g/mol. The molecule has 0 bridgehead atoms. The first-order valence-electron chi connectivity index (χ1n) is 6.36. The Kier molecular flexibility index (Phi) is 3.82. The maximum atomic E-state index is 9.85.